The second-order valence-corrected chi connectivity index (χ2v) is 21.7. The summed E-state index contributed by atoms with van der Waals surface area (Å²) in [5.41, 5.74) is 12.7. The molecule has 0 saturated carbocycles. The highest BCUT2D eigenvalue weighted by molar-refractivity contribution is 5.93. The van der Waals surface area contributed by atoms with Crippen LogP contribution in [-0.2, 0) is 40.1 Å². The van der Waals surface area contributed by atoms with Crippen LogP contribution in [-0.4, -0.2) is 237 Å². The Hall–Kier alpha value is -9.27. The minimum Gasteiger partial charge on any atom is -0.508 e. The number of amides is 6. The molecule has 0 spiro atoms. The molecule has 4 aromatic rings. The fraction of sp³-hybridized carbons (Fsp3) is 0.492. The van der Waals surface area contributed by atoms with E-state index in [-0.39, 0.29) is 153 Å². The van der Waals surface area contributed by atoms with Crippen LogP contribution in [0.5, 0.6) is 11.5 Å². The minimum absolute atomic E-state index is 0.0587. The Kier molecular flexibility index (Phi) is 31.8. The Balaban J connectivity index is 1.10. The maximum absolute atomic E-state index is 14.5. The van der Waals surface area contributed by atoms with Crippen molar-refractivity contribution in [3.8, 4) is 11.5 Å². The molecule has 0 unspecified atom stereocenters. The van der Waals surface area contributed by atoms with Gasteiger partial charge >= 0.3 is 23.9 Å². The van der Waals surface area contributed by atoms with Crippen molar-refractivity contribution in [2.75, 3.05) is 142 Å². The number of ether oxygens (including phenoxy) is 1. The highest BCUT2D eigenvalue weighted by atomic mass is 16.5. The van der Waals surface area contributed by atoms with E-state index >= 15 is 0 Å². The van der Waals surface area contributed by atoms with Crippen molar-refractivity contribution in [2.24, 2.45) is 16.5 Å². The first kappa shape index (κ1) is 73.5. The maximum atomic E-state index is 14.5. The molecular formula is C61H88N16O15. The number of rotatable bonds is 37. The number of nitrogens with two attached hydrogens (primary N) is 2. The fourth-order valence-electron chi connectivity index (χ4n) is 9.75. The number of hydrogen-bond acceptors (Lipinski definition) is 20. The molecule has 3 atom stereocenters. The van der Waals surface area contributed by atoms with E-state index in [0.717, 1.165) is 0 Å². The number of nitrogens with zero attached hydrogens (tertiary/aromatic N) is 5. The van der Waals surface area contributed by atoms with Crippen molar-refractivity contribution in [3.63, 3.8) is 0 Å². The fourth-order valence-corrected chi connectivity index (χ4v) is 9.75. The van der Waals surface area contributed by atoms with Crippen molar-refractivity contribution < 1.29 is 63.5 Å². The molecule has 31 nitrogen and oxygen atoms in total. The molecule has 1 saturated heterocycles. The van der Waals surface area contributed by atoms with Crippen LogP contribution in [0.25, 0.3) is 0 Å². The third kappa shape index (κ3) is 26.7. The molecule has 4 aromatic carbocycles. The van der Waals surface area contributed by atoms with Gasteiger partial charge in [0, 0.05) is 118 Å². The molecule has 1 aliphatic rings. The van der Waals surface area contributed by atoms with Gasteiger partial charge in [0.15, 0.2) is 5.96 Å². The van der Waals surface area contributed by atoms with E-state index in [1.54, 1.807) is 82.3 Å². The van der Waals surface area contributed by atoms with E-state index in [9.17, 15) is 68.4 Å². The number of aliphatic carboxylic acids is 3. The highest BCUT2D eigenvalue weighted by Crippen LogP contribution is 2.28. The predicted octanol–water partition coefficient (Wildman–Crippen LogP) is -2.01. The average molecular weight is 1290 g/mol. The second kappa shape index (κ2) is 39.8. The van der Waals surface area contributed by atoms with Crippen LogP contribution in [0.15, 0.2) is 93.4 Å². The van der Waals surface area contributed by atoms with Crippen molar-refractivity contribution in [1.82, 2.24) is 56.8 Å². The van der Waals surface area contributed by atoms with Crippen LogP contribution in [0.1, 0.15) is 61.6 Å². The molecule has 92 heavy (non-hydrogen) atoms. The molecule has 17 N–H and O–H groups in total. The van der Waals surface area contributed by atoms with Gasteiger partial charge in [0.25, 0.3) is 10.9 Å². The number of hydrogen-bond donors (Lipinski definition) is 15. The first-order valence-corrected chi connectivity index (χ1v) is 30.6. The van der Waals surface area contributed by atoms with Gasteiger partial charge in [-0.1, -0.05) is 61.5 Å². The number of carbonyl (C=O) groups is 8. The van der Waals surface area contributed by atoms with Crippen LogP contribution < -0.4 is 74.9 Å². The lowest BCUT2D eigenvalue weighted by atomic mass is 9.90. The summed E-state index contributed by atoms with van der Waals surface area (Å²) in [5.74, 6) is -5.21. The van der Waals surface area contributed by atoms with Gasteiger partial charge in [-0.3, -0.25) is 68.1 Å². The molecule has 0 aromatic heterocycles. The predicted molar refractivity (Wildman–Crippen MR) is 343 cm³/mol. The largest absolute Gasteiger partial charge is 0.508 e. The van der Waals surface area contributed by atoms with E-state index in [0.29, 0.717) is 67.8 Å². The molecule has 1 fully saturated rings. The second-order valence-electron chi connectivity index (χ2n) is 21.7. The zero-order valence-corrected chi connectivity index (χ0v) is 51.8. The molecule has 0 aliphatic carbocycles. The summed E-state index contributed by atoms with van der Waals surface area (Å²) in [6.45, 7) is 4.53. The number of benzene rings is 3. The zero-order valence-electron chi connectivity index (χ0n) is 51.8. The number of aromatic hydroxyl groups is 1. The van der Waals surface area contributed by atoms with Gasteiger partial charge in [-0.05, 0) is 66.6 Å². The molecule has 0 bridgehead atoms. The summed E-state index contributed by atoms with van der Waals surface area (Å²) in [7, 11) is 0. The molecule has 0 radical (unpaired) electrons. The van der Waals surface area contributed by atoms with Gasteiger partial charge in [0.05, 0.1) is 38.2 Å². The summed E-state index contributed by atoms with van der Waals surface area (Å²) in [6, 6.07) is 19.8. The van der Waals surface area contributed by atoms with Gasteiger partial charge in [0.1, 0.15) is 28.9 Å². The van der Waals surface area contributed by atoms with E-state index in [2.05, 4.69) is 52.8 Å². The van der Waals surface area contributed by atoms with Crippen LogP contribution in [0.2, 0.25) is 0 Å². The van der Waals surface area contributed by atoms with Gasteiger partial charge in [-0.15, -0.1) is 0 Å². The van der Waals surface area contributed by atoms with Crippen LogP contribution in [0, 0.1) is 0 Å². The number of nitrogens with one attached hydrogen (secondary N) is 9. The zero-order chi connectivity index (χ0) is 66.8. The first-order chi connectivity index (χ1) is 44.2. The van der Waals surface area contributed by atoms with E-state index in [1.165, 1.54) is 12.1 Å². The van der Waals surface area contributed by atoms with Crippen LogP contribution >= 0.6 is 0 Å². The van der Waals surface area contributed by atoms with Crippen LogP contribution in [0.3, 0.4) is 0 Å². The van der Waals surface area contributed by atoms with Crippen molar-refractivity contribution >= 4 is 64.9 Å². The van der Waals surface area contributed by atoms with E-state index in [1.807, 2.05) is 11.0 Å². The standard InChI is InChI=1S/C61H88N16O15/c1-2-48(79)64-21-24-69-61(91)73-60(63)68-20-9-14-46(57(88)70-36-41-15-17-44(78)18-16-41)72-59(90)52(42-10-4-3-5-11-42)43-12-8-13-45(34-43)92-33-7-6-19-65-53-54(56(87)55(53)86)66-22-23-67-58(89)47(35-62)71-40-77-31-29-75(38-50(82)83)27-25-74(37-49(80)81)26-28-76(30-32-77)39-51(84)85/h3-5,8,10-13,15-18,34,46-47,52,65-66,71,78H,2,6-7,9,14,19-33,35-40,62H2,1H3,(H,64,79)(H,67,89)(H,70,88)(H,72,90)(H,80,81)(H,82,83)(H,84,85)(H4,63,68,69,73,91)/t46-,47-,52-/m1/s1. The molecule has 1 heterocycles. The highest BCUT2D eigenvalue weighted by Gasteiger charge is 2.29. The summed E-state index contributed by atoms with van der Waals surface area (Å²) in [6.07, 6.45) is 1.83. The number of carboxylic acid groups (broad SMARTS) is 3. The van der Waals surface area contributed by atoms with E-state index < -0.39 is 70.5 Å². The number of carbonyl (C=O) groups excluding carboxylic acids is 5. The quantitative estimate of drug-likeness (QED) is 0.0100. The minimum atomic E-state index is -1.06. The number of guanidine groups is 1. The molecule has 5 rings (SSSR count). The molecule has 502 valence electrons. The van der Waals surface area contributed by atoms with Crippen LogP contribution in [0.4, 0.5) is 16.2 Å². The first-order valence-electron chi connectivity index (χ1n) is 30.6. The number of phenolic OH excluding ortho intramolecular Hbond substituents is 1. The Morgan fingerprint density at radius 3 is 1.73 bits per heavy atom. The number of carboxylic acids is 3. The SMILES string of the molecule is CCC(=O)NCCNC(=O)/N=C(/N)NCCC[C@@H](NC(=O)[C@H](c1ccccc1)c1cccc(OCCCCNc2c(NCCNC(=O)[C@@H](CN)NCN3CCN(CC(=O)O)CCN(CC(=O)O)CCN(CC(=O)O)CC3)c(=O)c2=O)c1)C(=O)NCc1ccc(O)cc1. The molecular weight excluding hydrogens is 1200 g/mol. The number of unbranched alkanes of at least 4 members (excludes halogenated alkanes) is 1. The Morgan fingerprint density at radius 1 is 0.587 bits per heavy atom. The molecule has 6 amide bonds. The molecule has 31 heteroatoms. The summed E-state index contributed by atoms with van der Waals surface area (Å²) < 4.78 is 6.13. The van der Waals surface area contributed by atoms with Gasteiger partial charge < -0.3 is 79.2 Å². The summed E-state index contributed by atoms with van der Waals surface area (Å²) in [4.78, 5) is 136. The molecule has 1 aliphatic heterocycles. The number of phenols is 1. The summed E-state index contributed by atoms with van der Waals surface area (Å²) in [5, 5.41) is 64.0. The van der Waals surface area contributed by atoms with Gasteiger partial charge in [-0.2, -0.15) is 4.99 Å². The van der Waals surface area contributed by atoms with Crippen molar-refractivity contribution in [2.45, 2.75) is 63.6 Å². The smallest absolute Gasteiger partial charge is 0.344 e. The van der Waals surface area contributed by atoms with E-state index in [4.69, 9.17) is 16.2 Å². The Labute approximate surface area is 532 Å². The third-order valence-electron chi connectivity index (χ3n) is 14.8. The normalized spacial score (nSPS) is 14.9. The number of urea groups is 1. The van der Waals surface area contributed by atoms with Crippen molar-refractivity contribution in [3.05, 3.63) is 116 Å². The maximum Gasteiger partial charge on any atom is 0.344 e. The summed E-state index contributed by atoms with van der Waals surface area (Å²) >= 11 is 0. The lowest BCUT2D eigenvalue weighted by Gasteiger charge is -2.33. The average Bonchev–Trinajstić information content (AvgIpc) is 0.808. The lowest BCUT2D eigenvalue weighted by Crippen LogP contribution is -2.54. The Bertz CT molecular complexity index is 3100. The van der Waals surface area contributed by atoms with Gasteiger partial charge in [0.2, 0.25) is 23.6 Å². The monoisotopic (exact) mass is 1280 g/mol. The third-order valence-corrected chi connectivity index (χ3v) is 14.8. The van der Waals surface area contributed by atoms with Gasteiger partial charge in [-0.25, -0.2) is 4.79 Å². The topological polar surface area (TPSA) is 446 Å². The lowest BCUT2D eigenvalue weighted by molar-refractivity contribution is -0.140. The number of aliphatic imine (C=N–C) groups is 1. The number of anilines is 2. The Morgan fingerprint density at radius 2 is 1.14 bits per heavy atom. The van der Waals surface area contributed by atoms with Crippen molar-refractivity contribution in [1.29, 1.82) is 0 Å².